The maximum atomic E-state index is 12.1. The van der Waals surface area contributed by atoms with Crippen LogP contribution in [0.3, 0.4) is 0 Å². The van der Waals surface area contributed by atoms with E-state index in [2.05, 4.69) is 20.8 Å². The summed E-state index contributed by atoms with van der Waals surface area (Å²) < 4.78 is 0. The second-order valence-electron chi connectivity index (χ2n) is 6.76. The van der Waals surface area contributed by atoms with Crippen molar-refractivity contribution in [1.82, 2.24) is 0 Å². The third kappa shape index (κ3) is 2.78. The van der Waals surface area contributed by atoms with Crippen LogP contribution in [0.15, 0.2) is 54.6 Å². The maximum absolute atomic E-state index is 12.1. The zero-order valence-corrected chi connectivity index (χ0v) is 13.8. The smallest absolute Gasteiger partial charge is 0.318 e. The van der Waals surface area contributed by atoms with E-state index in [1.807, 2.05) is 61.5 Å². The molecule has 0 aliphatic carbocycles. The highest BCUT2D eigenvalue weighted by Crippen LogP contribution is 2.37. The fraction of sp³-hybridized carbons (Fsp3) is 0.350. The molecule has 0 saturated heterocycles. The lowest BCUT2D eigenvalue weighted by Gasteiger charge is -2.30. The lowest BCUT2D eigenvalue weighted by molar-refractivity contribution is -0.142. The maximum Gasteiger partial charge on any atom is 0.318 e. The molecule has 0 aliphatic rings. The van der Waals surface area contributed by atoms with E-state index >= 15 is 0 Å². The van der Waals surface area contributed by atoms with Gasteiger partial charge in [-0.3, -0.25) is 4.79 Å². The van der Waals surface area contributed by atoms with Crippen LogP contribution in [0.1, 0.15) is 50.8 Å². The van der Waals surface area contributed by atoms with Crippen molar-refractivity contribution in [2.45, 2.75) is 44.9 Å². The van der Waals surface area contributed by atoms with Gasteiger partial charge in [-0.25, -0.2) is 0 Å². The number of hydrogen-bond donors (Lipinski definition) is 1. The molecule has 0 aliphatic heterocycles. The number of hydrogen-bond acceptors (Lipinski definition) is 1. The minimum atomic E-state index is -0.988. The van der Waals surface area contributed by atoms with E-state index in [0.29, 0.717) is 6.42 Å². The van der Waals surface area contributed by atoms with Crippen molar-refractivity contribution in [2.24, 2.45) is 0 Å². The Kier molecular flexibility index (Phi) is 4.41. The van der Waals surface area contributed by atoms with E-state index in [4.69, 9.17) is 0 Å². The molecule has 1 N–H and O–H groups in total. The van der Waals surface area contributed by atoms with E-state index in [0.717, 1.165) is 11.1 Å². The van der Waals surface area contributed by atoms with Crippen LogP contribution in [0.5, 0.6) is 0 Å². The molecule has 2 rings (SSSR count). The van der Waals surface area contributed by atoms with Crippen molar-refractivity contribution in [3.8, 4) is 0 Å². The van der Waals surface area contributed by atoms with Crippen LogP contribution >= 0.6 is 0 Å². The molecule has 2 aromatic carbocycles. The van der Waals surface area contributed by atoms with E-state index in [1.54, 1.807) is 0 Å². The van der Waals surface area contributed by atoms with Gasteiger partial charge in [0.1, 0.15) is 5.41 Å². The molecule has 0 aromatic heterocycles. The molecule has 0 bridgehead atoms. The average Bonchev–Trinajstić information content (AvgIpc) is 2.49. The summed E-state index contributed by atoms with van der Waals surface area (Å²) in [7, 11) is 0. The normalized spacial score (nSPS) is 14.4. The second-order valence-corrected chi connectivity index (χ2v) is 6.76. The molecule has 1 atom stereocenters. The largest absolute Gasteiger partial charge is 0.480 e. The molecule has 2 nitrogen and oxygen atoms in total. The van der Waals surface area contributed by atoms with Gasteiger partial charge in [-0.1, -0.05) is 82.3 Å². The van der Waals surface area contributed by atoms with Crippen molar-refractivity contribution < 1.29 is 9.90 Å². The average molecular weight is 296 g/mol. The molecule has 0 spiro atoms. The van der Waals surface area contributed by atoms with Gasteiger partial charge in [0.2, 0.25) is 0 Å². The van der Waals surface area contributed by atoms with Crippen LogP contribution in [0.25, 0.3) is 0 Å². The van der Waals surface area contributed by atoms with Crippen molar-refractivity contribution in [3.05, 3.63) is 71.3 Å². The summed E-state index contributed by atoms with van der Waals surface area (Å²) in [6, 6.07) is 17.5. The van der Waals surface area contributed by atoms with Crippen molar-refractivity contribution in [1.29, 1.82) is 0 Å². The minimum absolute atomic E-state index is 0.0589. The van der Waals surface area contributed by atoms with Gasteiger partial charge in [0.15, 0.2) is 0 Å². The fourth-order valence-electron chi connectivity index (χ4n) is 2.95. The molecular weight excluding hydrogens is 272 g/mol. The summed E-state index contributed by atoms with van der Waals surface area (Å²) in [5, 5.41) is 9.96. The van der Waals surface area contributed by atoms with Gasteiger partial charge in [-0.15, -0.1) is 0 Å². The number of carbonyl (C=O) groups is 1. The fourth-order valence-corrected chi connectivity index (χ4v) is 2.95. The summed E-state index contributed by atoms with van der Waals surface area (Å²) in [5.74, 6) is -0.801. The first kappa shape index (κ1) is 16.3. The number of carboxylic acids is 1. The Labute approximate surface area is 132 Å². The molecule has 0 radical (unpaired) electrons. The van der Waals surface area contributed by atoms with Crippen molar-refractivity contribution >= 4 is 5.97 Å². The number of aliphatic carboxylic acids is 1. The van der Waals surface area contributed by atoms with E-state index in [1.165, 1.54) is 5.56 Å². The van der Waals surface area contributed by atoms with Crippen LogP contribution in [0.2, 0.25) is 0 Å². The third-order valence-electron chi connectivity index (χ3n) is 4.41. The molecule has 22 heavy (non-hydrogen) atoms. The quantitative estimate of drug-likeness (QED) is 0.882. The first-order chi connectivity index (χ1) is 10.3. The summed E-state index contributed by atoms with van der Waals surface area (Å²) in [4.78, 5) is 12.1. The predicted octanol–water partition coefficient (Wildman–Crippen LogP) is 4.76. The third-order valence-corrected chi connectivity index (χ3v) is 4.41. The molecule has 2 aromatic rings. The number of rotatable bonds is 4. The van der Waals surface area contributed by atoms with Crippen LogP contribution in [0, 0.1) is 0 Å². The minimum Gasteiger partial charge on any atom is -0.480 e. The molecule has 0 heterocycles. The Hall–Kier alpha value is -2.09. The highest BCUT2D eigenvalue weighted by Gasteiger charge is 2.40. The standard InChI is InChI=1S/C20H24O2/c1-5-20(18(21)22,16-9-7-6-8-10-16)17-13-11-15(12-14-17)19(2,3)4/h6-14H,5H2,1-4H3,(H,21,22). The highest BCUT2D eigenvalue weighted by molar-refractivity contribution is 5.86. The zero-order valence-electron chi connectivity index (χ0n) is 13.8. The molecule has 0 saturated carbocycles. The van der Waals surface area contributed by atoms with Gasteiger partial charge in [-0.2, -0.15) is 0 Å². The topological polar surface area (TPSA) is 37.3 Å². The summed E-state index contributed by atoms with van der Waals surface area (Å²) >= 11 is 0. The predicted molar refractivity (Wildman–Crippen MR) is 90.3 cm³/mol. The monoisotopic (exact) mass is 296 g/mol. The number of benzene rings is 2. The van der Waals surface area contributed by atoms with Gasteiger partial charge < -0.3 is 5.11 Å². The van der Waals surface area contributed by atoms with Gasteiger partial charge in [-0.05, 0) is 28.5 Å². The van der Waals surface area contributed by atoms with Crippen LogP contribution in [-0.2, 0) is 15.6 Å². The summed E-state index contributed by atoms with van der Waals surface area (Å²) in [6.07, 6.45) is 0.515. The van der Waals surface area contributed by atoms with Crippen LogP contribution < -0.4 is 0 Å². The number of carboxylic acid groups (broad SMARTS) is 1. The molecule has 0 amide bonds. The zero-order chi connectivity index (χ0) is 16.4. The van der Waals surface area contributed by atoms with Gasteiger partial charge in [0.05, 0.1) is 0 Å². The molecule has 1 unspecified atom stereocenters. The first-order valence-electron chi connectivity index (χ1n) is 7.72. The van der Waals surface area contributed by atoms with Crippen LogP contribution in [-0.4, -0.2) is 11.1 Å². The Balaban J connectivity index is 2.59. The molecular formula is C20H24O2. The molecule has 116 valence electrons. The first-order valence-corrected chi connectivity index (χ1v) is 7.72. The van der Waals surface area contributed by atoms with E-state index in [9.17, 15) is 9.90 Å². The second kappa shape index (κ2) is 5.96. The van der Waals surface area contributed by atoms with Crippen LogP contribution in [0.4, 0.5) is 0 Å². The highest BCUT2D eigenvalue weighted by atomic mass is 16.4. The molecule has 2 heteroatoms. The Morgan fingerprint density at radius 3 is 1.73 bits per heavy atom. The van der Waals surface area contributed by atoms with Crippen molar-refractivity contribution in [3.63, 3.8) is 0 Å². The van der Waals surface area contributed by atoms with Gasteiger partial charge in [0, 0.05) is 0 Å². The Morgan fingerprint density at radius 2 is 1.32 bits per heavy atom. The lowest BCUT2D eigenvalue weighted by Crippen LogP contribution is -2.36. The van der Waals surface area contributed by atoms with E-state index < -0.39 is 11.4 Å². The molecule has 0 fully saturated rings. The Morgan fingerprint density at radius 1 is 0.864 bits per heavy atom. The summed E-state index contributed by atoms with van der Waals surface area (Å²) in [5.41, 5.74) is 1.94. The lowest BCUT2D eigenvalue weighted by atomic mass is 9.72. The van der Waals surface area contributed by atoms with E-state index in [-0.39, 0.29) is 5.41 Å². The SMILES string of the molecule is CCC(C(=O)O)(c1ccccc1)c1ccc(C(C)(C)C)cc1. The van der Waals surface area contributed by atoms with Crippen molar-refractivity contribution in [2.75, 3.05) is 0 Å². The van der Waals surface area contributed by atoms with Gasteiger partial charge >= 0.3 is 5.97 Å². The van der Waals surface area contributed by atoms with Gasteiger partial charge in [0.25, 0.3) is 0 Å². The Bertz CT molecular complexity index is 636. The summed E-state index contributed by atoms with van der Waals surface area (Å²) in [6.45, 7) is 8.40.